The fraction of sp³-hybridized carbons (Fsp3) is 0.263. The monoisotopic (exact) mass is 403 g/mol. The molecule has 0 aliphatic carbocycles. The first-order valence-electron chi connectivity index (χ1n) is 8.56. The van der Waals surface area contributed by atoms with Gasteiger partial charge in [-0.3, -0.25) is 9.48 Å². The molecule has 0 radical (unpaired) electrons. The quantitative estimate of drug-likeness (QED) is 0.703. The maximum atomic E-state index is 13.1. The molecule has 150 valence electrons. The molecule has 7 nitrogen and oxygen atoms in total. The van der Waals surface area contributed by atoms with Crippen molar-refractivity contribution in [2.45, 2.75) is 32.6 Å². The summed E-state index contributed by atoms with van der Waals surface area (Å²) in [5.74, 6) is 0.115. The van der Waals surface area contributed by atoms with Crippen LogP contribution in [0.2, 0.25) is 0 Å². The van der Waals surface area contributed by atoms with Gasteiger partial charge in [0.1, 0.15) is 5.76 Å². The first kappa shape index (κ1) is 20.1. The lowest BCUT2D eigenvalue weighted by atomic mass is 10.0. The van der Waals surface area contributed by atoms with Gasteiger partial charge in [0.15, 0.2) is 5.69 Å². The van der Waals surface area contributed by atoms with Crippen molar-refractivity contribution in [3.05, 3.63) is 59.1 Å². The zero-order valence-electron chi connectivity index (χ0n) is 15.5. The Morgan fingerprint density at radius 2 is 2.10 bits per heavy atom. The van der Waals surface area contributed by atoms with Crippen molar-refractivity contribution < 1.29 is 22.5 Å². The van der Waals surface area contributed by atoms with Crippen molar-refractivity contribution in [1.82, 2.24) is 20.3 Å². The number of nitrogens with zero attached hydrogens (tertiary/aromatic N) is 4. The third-order valence-electron chi connectivity index (χ3n) is 4.08. The van der Waals surface area contributed by atoms with Gasteiger partial charge in [-0.05, 0) is 32.0 Å². The lowest BCUT2D eigenvalue weighted by Crippen LogP contribution is -2.36. The molecule has 2 heterocycles. The number of carbonyl (C=O) groups excluding carboxylic acids is 1. The van der Waals surface area contributed by atoms with E-state index in [1.807, 2.05) is 0 Å². The fourth-order valence-corrected chi connectivity index (χ4v) is 2.75. The molecule has 1 N–H and O–H groups in total. The number of hydrogen-bond acceptors (Lipinski definition) is 5. The van der Waals surface area contributed by atoms with Gasteiger partial charge in [-0.15, -0.1) is 0 Å². The van der Waals surface area contributed by atoms with Gasteiger partial charge in [-0.25, -0.2) is 0 Å². The molecule has 0 aliphatic heterocycles. The molecule has 0 saturated heterocycles. The van der Waals surface area contributed by atoms with Crippen LogP contribution >= 0.6 is 0 Å². The molecule has 0 bridgehead atoms. The van der Waals surface area contributed by atoms with Crippen molar-refractivity contribution in [2.75, 3.05) is 0 Å². The van der Waals surface area contributed by atoms with E-state index in [0.717, 1.165) is 12.1 Å². The Kier molecular flexibility index (Phi) is 5.41. The number of aryl methyl sites for hydroxylation is 1. The highest BCUT2D eigenvalue weighted by atomic mass is 19.4. The molecule has 2 aromatic heterocycles. The number of nitrogens with one attached hydrogen (secondary N) is 1. The molecule has 0 spiro atoms. The minimum atomic E-state index is -4.64. The van der Waals surface area contributed by atoms with Crippen molar-refractivity contribution in [2.24, 2.45) is 0 Å². The van der Waals surface area contributed by atoms with Crippen LogP contribution in [-0.4, -0.2) is 26.9 Å². The Bertz CT molecular complexity index is 1080. The Morgan fingerprint density at radius 3 is 2.72 bits per heavy atom. The average molecular weight is 403 g/mol. The Hall–Kier alpha value is -3.61. The molecule has 1 amide bonds. The Labute approximate surface area is 163 Å². The van der Waals surface area contributed by atoms with Crippen molar-refractivity contribution >= 4 is 5.91 Å². The highest BCUT2D eigenvalue weighted by Gasteiger charge is 2.34. The van der Waals surface area contributed by atoms with Crippen LogP contribution < -0.4 is 5.32 Å². The third kappa shape index (κ3) is 4.63. The van der Waals surface area contributed by atoms with E-state index in [1.54, 1.807) is 32.2 Å². The van der Waals surface area contributed by atoms with Crippen LogP contribution in [0.25, 0.3) is 11.3 Å². The fourth-order valence-electron chi connectivity index (χ4n) is 2.75. The molecule has 0 fully saturated rings. The van der Waals surface area contributed by atoms with Gasteiger partial charge in [-0.1, -0.05) is 11.2 Å². The summed E-state index contributed by atoms with van der Waals surface area (Å²) in [6.45, 7) is 3.73. The van der Waals surface area contributed by atoms with Crippen LogP contribution in [0.3, 0.4) is 0 Å². The second kappa shape index (κ2) is 7.79. The highest BCUT2D eigenvalue weighted by Crippen LogP contribution is 2.34. The number of carbonyl (C=O) groups is 1. The number of alkyl halides is 3. The smallest absolute Gasteiger partial charge is 0.361 e. The number of halogens is 3. The standard InChI is InChI=1S/C19H16F3N5O2/c1-11(24-18(28)17-7-12(2)29-26-17)10-27-6-5-16(25-27)13-3-4-14(9-23)15(8-13)19(20,21)22/h3-8,11H,10H2,1-2H3,(H,24,28)/t11-/m0/s1. The van der Waals surface area contributed by atoms with E-state index in [9.17, 15) is 18.0 Å². The predicted octanol–water partition coefficient (Wildman–Crippen LogP) is 3.56. The van der Waals surface area contributed by atoms with E-state index < -0.39 is 23.2 Å². The van der Waals surface area contributed by atoms with E-state index in [-0.39, 0.29) is 17.3 Å². The summed E-state index contributed by atoms with van der Waals surface area (Å²) >= 11 is 0. The summed E-state index contributed by atoms with van der Waals surface area (Å²) in [4.78, 5) is 12.1. The first-order chi connectivity index (χ1) is 13.7. The summed E-state index contributed by atoms with van der Waals surface area (Å²) in [5, 5.41) is 19.5. The van der Waals surface area contributed by atoms with Crippen LogP contribution in [-0.2, 0) is 12.7 Å². The molecule has 1 aromatic carbocycles. The SMILES string of the molecule is Cc1cc(C(=O)N[C@@H](C)Cn2ccc(-c3ccc(C#N)c(C(F)(F)F)c3)n2)no1. The van der Waals surface area contributed by atoms with Gasteiger partial charge in [0.2, 0.25) is 0 Å². The number of hydrogen-bond donors (Lipinski definition) is 1. The van der Waals surface area contributed by atoms with Gasteiger partial charge in [0, 0.05) is 23.9 Å². The third-order valence-corrected chi connectivity index (χ3v) is 4.08. The van der Waals surface area contributed by atoms with Crippen LogP contribution in [0.15, 0.2) is 41.1 Å². The maximum absolute atomic E-state index is 13.1. The second-order valence-electron chi connectivity index (χ2n) is 6.49. The van der Waals surface area contributed by atoms with Gasteiger partial charge in [0.05, 0.1) is 29.4 Å². The van der Waals surface area contributed by atoms with E-state index in [1.165, 1.54) is 16.8 Å². The lowest BCUT2D eigenvalue weighted by molar-refractivity contribution is -0.137. The van der Waals surface area contributed by atoms with Gasteiger partial charge in [0.25, 0.3) is 5.91 Å². The Morgan fingerprint density at radius 1 is 1.34 bits per heavy atom. The van der Waals surface area contributed by atoms with E-state index >= 15 is 0 Å². The van der Waals surface area contributed by atoms with Gasteiger partial charge < -0.3 is 9.84 Å². The largest absolute Gasteiger partial charge is 0.417 e. The zero-order valence-corrected chi connectivity index (χ0v) is 15.5. The molecule has 3 aromatic rings. The number of benzene rings is 1. The molecule has 0 unspecified atom stereocenters. The number of rotatable bonds is 5. The zero-order chi connectivity index (χ0) is 21.2. The molecule has 3 rings (SSSR count). The normalized spacial score (nSPS) is 12.4. The summed E-state index contributed by atoms with van der Waals surface area (Å²) in [6, 6.07) is 7.75. The summed E-state index contributed by atoms with van der Waals surface area (Å²) in [5.41, 5.74) is -0.723. The average Bonchev–Trinajstić information content (AvgIpc) is 3.29. The maximum Gasteiger partial charge on any atom is 0.417 e. The minimum Gasteiger partial charge on any atom is -0.361 e. The van der Waals surface area contributed by atoms with E-state index in [2.05, 4.69) is 15.6 Å². The highest BCUT2D eigenvalue weighted by molar-refractivity contribution is 5.92. The molecule has 0 aliphatic rings. The van der Waals surface area contributed by atoms with Crippen LogP contribution in [0.1, 0.15) is 34.3 Å². The number of nitriles is 1. The summed E-state index contributed by atoms with van der Waals surface area (Å²) in [7, 11) is 0. The van der Waals surface area contributed by atoms with Crippen LogP contribution in [0.5, 0.6) is 0 Å². The first-order valence-corrected chi connectivity index (χ1v) is 8.56. The van der Waals surface area contributed by atoms with Crippen molar-refractivity contribution in [3.63, 3.8) is 0 Å². The molecule has 1 atom stereocenters. The van der Waals surface area contributed by atoms with Gasteiger partial charge >= 0.3 is 6.18 Å². The number of amides is 1. The lowest BCUT2D eigenvalue weighted by Gasteiger charge is -2.13. The predicted molar refractivity (Wildman–Crippen MR) is 95.5 cm³/mol. The van der Waals surface area contributed by atoms with Crippen molar-refractivity contribution in [3.8, 4) is 17.3 Å². The molecular weight excluding hydrogens is 387 g/mol. The topological polar surface area (TPSA) is 96.7 Å². The van der Waals surface area contributed by atoms with Crippen LogP contribution in [0, 0.1) is 18.3 Å². The molecular formula is C19H16F3N5O2. The molecule has 29 heavy (non-hydrogen) atoms. The van der Waals surface area contributed by atoms with Crippen molar-refractivity contribution in [1.29, 1.82) is 5.26 Å². The minimum absolute atomic E-state index is 0.160. The second-order valence-corrected chi connectivity index (χ2v) is 6.49. The van der Waals surface area contributed by atoms with E-state index in [0.29, 0.717) is 18.0 Å². The van der Waals surface area contributed by atoms with Gasteiger partial charge in [-0.2, -0.15) is 23.5 Å². The summed E-state index contributed by atoms with van der Waals surface area (Å²) < 4.78 is 45.8. The van der Waals surface area contributed by atoms with Crippen LogP contribution in [0.4, 0.5) is 13.2 Å². The Balaban J connectivity index is 1.72. The van der Waals surface area contributed by atoms with E-state index in [4.69, 9.17) is 9.78 Å². The summed E-state index contributed by atoms with van der Waals surface area (Å²) in [6.07, 6.45) is -3.04. The number of aromatic nitrogens is 3. The molecule has 10 heteroatoms. The molecule has 0 saturated carbocycles.